The van der Waals surface area contributed by atoms with E-state index < -0.39 is 0 Å². The molecule has 6 aromatic rings. The lowest BCUT2D eigenvalue weighted by molar-refractivity contribution is -0.142. The van der Waals surface area contributed by atoms with Gasteiger partial charge in [-0.25, -0.2) is 18.6 Å². The molecule has 2 radical (unpaired) electrons. The minimum atomic E-state index is -0.370. The van der Waals surface area contributed by atoms with Gasteiger partial charge in [0.2, 0.25) is 29.5 Å². The molecular formula is C70H95B2N14O11S2+. The van der Waals surface area contributed by atoms with E-state index in [4.69, 9.17) is 9.47 Å². The third kappa shape index (κ3) is 23.5. The summed E-state index contributed by atoms with van der Waals surface area (Å²) in [5, 5.41) is 31.5. The van der Waals surface area contributed by atoms with E-state index in [-0.39, 0.29) is 94.7 Å². The van der Waals surface area contributed by atoms with Crippen LogP contribution in [0.25, 0.3) is 45.0 Å². The van der Waals surface area contributed by atoms with Crippen molar-refractivity contribution in [3.8, 4) is 45.0 Å². The van der Waals surface area contributed by atoms with Crippen molar-refractivity contribution >= 4 is 102 Å². The third-order valence-electron chi connectivity index (χ3n) is 16.2. The number of quaternary nitrogens is 1. The Morgan fingerprint density at radius 3 is 1.71 bits per heavy atom. The topological polar surface area (TPSA) is 300 Å². The summed E-state index contributed by atoms with van der Waals surface area (Å²) in [6, 6.07) is 32.8. The molecule has 5 N–H and O–H groups in total. The van der Waals surface area contributed by atoms with Gasteiger partial charge in [-0.1, -0.05) is 140 Å². The largest absolute Gasteiger partial charge is 0.374 e. The van der Waals surface area contributed by atoms with Gasteiger partial charge in [0, 0.05) is 93.6 Å². The standard InChI is InChI=1S/C24H30BN5O.C23H27BN5O.C13H20N2O5S.C10H18N2O4S/c1-4-25-14-16-29-24-19-10-6-5-9-18(19)17-30(3,22(31)13-15-26-2)21-12-8-7-11-20(21)23(24)27-28-29;1-3-24-13-15-29-23-18-9-5-4-8-17(18)16-28(21(30)12-14-25-2)20-11-7-6-10-19(20)22(23)26-27-29;1-9(16)8-20-5-3-4-14-11(17)7-15-12(18)6-10(21-2)13(15)19;1-8(13)7-16-5-3-4-11-9(14)6-12-10(15)17-2/h5-12,26H,4,13-17H2,1-3H3;4-11,25H,3,12-16H2,1-2H3;10H,3-8H2,1-2H3,(H,14,17);3-7H2,1-2H3,(H,11,14)(H,12,15)/q+1;;;. The van der Waals surface area contributed by atoms with Gasteiger partial charge in [0.25, 0.3) is 5.24 Å². The molecular weight excluding hydrogens is 1300 g/mol. The molecule has 2 aromatic heterocycles. The number of aromatic nitrogens is 6. The van der Waals surface area contributed by atoms with Crippen LogP contribution in [0.2, 0.25) is 25.3 Å². The molecule has 29 heteroatoms. The van der Waals surface area contributed by atoms with Crippen molar-refractivity contribution in [1.29, 1.82) is 0 Å². The number of benzene rings is 4. The zero-order chi connectivity index (χ0) is 71.7. The predicted molar refractivity (Wildman–Crippen MR) is 392 cm³/mol. The van der Waals surface area contributed by atoms with Crippen LogP contribution in [0.3, 0.4) is 0 Å². The van der Waals surface area contributed by atoms with E-state index in [0.717, 1.165) is 123 Å². The number of rotatable bonds is 31. The fourth-order valence-corrected chi connectivity index (χ4v) is 12.0. The second-order valence-corrected chi connectivity index (χ2v) is 25.6. The Kier molecular flexibility index (Phi) is 33.9. The summed E-state index contributed by atoms with van der Waals surface area (Å²) in [4.78, 5) is 108. The van der Waals surface area contributed by atoms with Crippen LogP contribution < -0.4 is 36.0 Å². The van der Waals surface area contributed by atoms with Gasteiger partial charge in [-0.3, -0.25) is 43.3 Å². The van der Waals surface area contributed by atoms with Crippen LogP contribution in [0.1, 0.15) is 70.9 Å². The van der Waals surface area contributed by atoms with Gasteiger partial charge >= 0.3 is 5.91 Å². The molecule has 3 aliphatic rings. The van der Waals surface area contributed by atoms with Crippen LogP contribution in [0, 0.1) is 0 Å². The Morgan fingerprint density at radius 1 is 0.636 bits per heavy atom. The third-order valence-corrected chi connectivity index (χ3v) is 17.7. The number of thioether (sulfide) groups is 2. The number of likely N-dealkylation sites (tertiary alicyclic amines) is 1. The monoisotopic (exact) mass is 1390 g/mol. The Bertz CT molecular complexity index is 3690. The van der Waals surface area contributed by atoms with Crippen LogP contribution in [0.4, 0.5) is 16.2 Å². The van der Waals surface area contributed by atoms with Gasteiger partial charge in [0.15, 0.2) is 11.6 Å². The fraction of sp³-hybridized carbons (Fsp3) is 0.471. The van der Waals surface area contributed by atoms with Gasteiger partial charge < -0.3 is 41.0 Å². The summed E-state index contributed by atoms with van der Waals surface area (Å²) in [5.74, 6) is -0.997. The van der Waals surface area contributed by atoms with E-state index in [2.05, 4.69) is 118 Å². The molecule has 1 saturated heterocycles. The molecule has 25 nitrogen and oxygen atoms in total. The number of hydrogen-bond acceptors (Lipinski definition) is 19. The minimum Gasteiger partial charge on any atom is -0.374 e. The first kappa shape index (κ1) is 79.8. The quantitative estimate of drug-likeness (QED) is 0.0125. The summed E-state index contributed by atoms with van der Waals surface area (Å²) >= 11 is 2.34. The Hall–Kier alpha value is -8.18. The molecule has 1 fully saturated rings. The summed E-state index contributed by atoms with van der Waals surface area (Å²) < 4.78 is 14.3. The van der Waals surface area contributed by atoms with Gasteiger partial charge in [-0.05, 0) is 71.0 Å². The number of imide groups is 1. The average Bonchev–Trinajstić information content (AvgIpc) is 1.74. The predicted octanol–water partition coefficient (Wildman–Crippen LogP) is 7.15. The number of para-hydroxylation sites is 2. The molecule has 0 saturated carbocycles. The number of nitrogens with zero attached hydrogens (tertiary/aromatic N) is 9. The van der Waals surface area contributed by atoms with Gasteiger partial charge in [-0.2, -0.15) is 11.8 Å². The van der Waals surface area contributed by atoms with Crippen LogP contribution in [-0.2, 0) is 74.0 Å². The molecule has 2 unspecified atom stereocenters. The first-order chi connectivity index (χ1) is 47.8. The first-order valence-corrected chi connectivity index (χ1v) is 36.1. The van der Waals surface area contributed by atoms with Crippen molar-refractivity contribution < 1.29 is 52.6 Å². The molecule has 4 aromatic carbocycles. The number of anilines is 1. The number of nitrogens with one attached hydrogen (secondary N) is 5. The Labute approximate surface area is 591 Å². The zero-order valence-corrected chi connectivity index (χ0v) is 60.2. The van der Waals surface area contributed by atoms with E-state index in [1.165, 1.54) is 25.6 Å². The van der Waals surface area contributed by atoms with Crippen molar-refractivity contribution in [3.05, 3.63) is 108 Å². The lowest BCUT2D eigenvalue weighted by atomic mass is 9.72. The fourth-order valence-electron chi connectivity index (χ4n) is 11.2. The first-order valence-electron chi connectivity index (χ1n) is 33.6. The second-order valence-electron chi connectivity index (χ2n) is 23.8. The van der Waals surface area contributed by atoms with Crippen molar-refractivity contribution in [2.24, 2.45) is 0 Å². The highest BCUT2D eigenvalue weighted by Gasteiger charge is 2.41. The van der Waals surface area contributed by atoms with Crippen LogP contribution >= 0.6 is 23.5 Å². The number of aryl methyl sites for hydroxylation is 2. The van der Waals surface area contributed by atoms with Crippen LogP contribution in [-0.4, -0.2) is 206 Å². The molecule has 5 heterocycles. The van der Waals surface area contributed by atoms with Crippen molar-refractivity contribution in [3.63, 3.8) is 0 Å². The lowest BCUT2D eigenvalue weighted by Gasteiger charge is -2.34. The van der Waals surface area contributed by atoms with E-state index >= 15 is 0 Å². The van der Waals surface area contributed by atoms with Gasteiger partial charge in [0.1, 0.15) is 57.9 Å². The number of carbonyl (C=O) groups is 9. The minimum absolute atomic E-state index is 0.0196. The summed E-state index contributed by atoms with van der Waals surface area (Å²) in [7, 11) is 10.3. The normalized spacial score (nSPS) is 14.7. The number of Topliss-reactive ketones (excluding diaryl/α,β-unsaturated/α-hetero) is 2. The average molecular weight is 1390 g/mol. The van der Waals surface area contributed by atoms with Gasteiger partial charge in [0.05, 0.1) is 54.4 Å². The maximum Gasteiger partial charge on any atom is 0.320 e. The number of ether oxygens (including phenoxy) is 2. The summed E-state index contributed by atoms with van der Waals surface area (Å²) in [6.45, 7) is 12.8. The highest BCUT2D eigenvalue weighted by atomic mass is 32.2. The Balaban J connectivity index is 0.000000214. The number of ketones is 2. The molecule has 0 aliphatic carbocycles. The van der Waals surface area contributed by atoms with Crippen LogP contribution in [0.15, 0.2) is 97.1 Å². The smallest absolute Gasteiger partial charge is 0.320 e. The summed E-state index contributed by atoms with van der Waals surface area (Å²) in [6.07, 6.45) is 9.66. The van der Waals surface area contributed by atoms with Gasteiger partial charge in [-0.15, -0.1) is 10.2 Å². The van der Waals surface area contributed by atoms with E-state index in [0.29, 0.717) is 78.2 Å². The van der Waals surface area contributed by atoms with E-state index in [1.807, 2.05) is 90.0 Å². The highest BCUT2D eigenvalue weighted by Crippen LogP contribution is 2.44. The van der Waals surface area contributed by atoms with Crippen molar-refractivity contribution in [2.45, 2.75) is 117 Å². The molecule has 0 bridgehead atoms. The van der Waals surface area contributed by atoms with Crippen molar-refractivity contribution in [2.75, 3.05) is 104 Å². The second kappa shape index (κ2) is 42.0. The maximum absolute atomic E-state index is 13.5. The molecule has 7 amide bonds. The molecule has 99 heavy (non-hydrogen) atoms. The molecule has 3 aliphatic heterocycles. The number of amides is 7. The number of fused-ring (bicyclic) bond motifs is 10. The zero-order valence-electron chi connectivity index (χ0n) is 58.6. The SMILES string of the molecule is CC[B]CCn1nnc2c1-c1ccccc1CN(C(=O)CCNC)c1ccccc1-2.CC[B]CCn1nnc2c1-c1ccccc1C[N+](C)(C(=O)CCNC)c1ccccc1-2.CSC(=O)NCC(=O)NCCCOCC(C)=O.CSC1CC(=O)N(CC(=O)NCCCOCC(C)=O)C1=O. The Morgan fingerprint density at radius 2 is 1.15 bits per heavy atom. The van der Waals surface area contributed by atoms with E-state index in [9.17, 15) is 43.2 Å². The van der Waals surface area contributed by atoms with Crippen molar-refractivity contribution in [1.82, 2.24) is 66.0 Å². The highest BCUT2D eigenvalue weighted by molar-refractivity contribution is 8.12. The van der Waals surface area contributed by atoms with Crippen LogP contribution in [0.5, 0.6) is 0 Å². The lowest BCUT2D eigenvalue weighted by Crippen LogP contribution is -2.51. The molecule has 2 atom stereocenters. The molecule has 9 rings (SSSR count). The molecule has 0 spiro atoms. The summed E-state index contributed by atoms with van der Waals surface area (Å²) in [5.41, 5.74) is 12.0. The number of hydrogen-bond donors (Lipinski definition) is 5. The number of carbonyl (C=O) groups excluding carboxylic acids is 9. The molecule has 528 valence electrons. The maximum atomic E-state index is 13.5. The van der Waals surface area contributed by atoms with E-state index in [1.54, 1.807) is 12.5 Å².